The van der Waals surface area contributed by atoms with E-state index in [1.807, 2.05) is 36.4 Å². The number of hydrogen-bond donors (Lipinski definition) is 0. The predicted octanol–water partition coefficient (Wildman–Crippen LogP) is 11.7. The molecule has 6 aromatic carbocycles. The smallest absolute Gasteiger partial charge is 0.301 e. The second-order valence-electron chi connectivity index (χ2n) is 13.3. The van der Waals surface area contributed by atoms with Crippen LogP contribution in [0.4, 0.5) is 0 Å². The number of benzene rings is 6. The van der Waals surface area contributed by atoms with E-state index in [9.17, 15) is 0 Å². The first kappa shape index (κ1) is 34.5. The van der Waals surface area contributed by atoms with Gasteiger partial charge in [0, 0.05) is 19.3 Å². The maximum atomic E-state index is 7.36. The van der Waals surface area contributed by atoms with Gasteiger partial charge in [0.2, 0.25) is 0 Å². The van der Waals surface area contributed by atoms with Crippen LogP contribution in [0.15, 0.2) is 182 Å². The van der Waals surface area contributed by atoms with Crippen LogP contribution in [0, 0.1) is 0 Å². The lowest BCUT2D eigenvalue weighted by atomic mass is 9.89. The molecule has 0 spiro atoms. The van der Waals surface area contributed by atoms with E-state index in [2.05, 4.69) is 166 Å². The zero-order chi connectivity index (χ0) is 34.0. The molecule has 3 atom stereocenters. The Bertz CT molecular complexity index is 1620. The Labute approximate surface area is 293 Å². The third-order valence-corrected chi connectivity index (χ3v) is 10.8. The second kappa shape index (κ2) is 15.9. The summed E-state index contributed by atoms with van der Waals surface area (Å²) in [7, 11) is -1.98. The third-order valence-electron chi connectivity index (χ3n) is 9.13. The maximum absolute atomic E-state index is 7.36. The topological polar surface area (TPSA) is 27.7 Å². The zero-order valence-electron chi connectivity index (χ0n) is 28.6. The summed E-state index contributed by atoms with van der Waals surface area (Å²) >= 11 is 0. The third kappa shape index (κ3) is 9.01. The summed E-state index contributed by atoms with van der Waals surface area (Å²) < 4.78 is 22.1. The average molecular weight is 665 g/mol. The van der Waals surface area contributed by atoms with Gasteiger partial charge in [-0.15, -0.1) is 0 Å². The molecule has 3 nitrogen and oxygen atoms in total. The van der Waals surface area contributed by atoms with Crippen LogP contribution in [0.5, 0.6) is 0 Å². The molecule has 0 aliphatic rings. The van der Waals surface area contributed by atoms with Gasteiger partial charge in [-0.1, -0.05) is 182 Å². The van der Waals surface area contributed by atoms with E-state index >= 15 is 0 Å². The largest absolute Gasteiger partial charge is 0.335 e. The minimum absolute atomic E-state index is 0.644. The van der Waals surface area contributed by atoms with Crippen molar-refractivity contribution >= 4 is 8.60 Å². The second-order valence-corrected chi connectivity index (χ2v) is 14.3. The van der Waals surface area contributed by atoms with Gasteiger partial charge in [0.15, 0.2) is 0 Å². The summed E-state index contributed by atoms with van der Waals surface area (Å²) in [4.78, 5) is 0. The Morgan fingerprint density at radius 2 is 0.531 bits per heavy atom. The van der Waals surface area contributed by atoms with Crippen LogP contribution in [0.2, 0.25) is 0 Å². The van der Waals surface area contributed by atoms with E-state index in [1.165, 1.54) is 16.7 Å². The molecule has 0 aliphatic carbocycles. The average Bonchev–Trinajstić information content (AvgIpc) is 3.14. The molecule has 0 saturated heterocycles. The molecule has 6 rings (SSSR count). The molecule has 49 heavy (non-hydrogen) atoms. The molecule has 3 unspecified atom stereocenters. The van der Waals surface area contributed by atoms with E-state index in [0.717, 1.165) is 16.7 Å². The molecule has 248 valence electrons. The van der Waals surface area contributed by atoms with Crippen molar-refractivity contribution in [2.45, 2.75) is 56.8 Å². The van der Waals surface area contributed by atoms with E-state index < -0.39 is 25.4 Å². The van der Waals surface area contributed by atoms with Gasteiger partial charge in [0.1, 0.15) is 16.8 Å². The molecule has 0 fully saturated rings. The molecule has 0 aromatic heterocycles. The van der Waals surface area contributed by atoms with Crippen LogP contribution >= 0.6 is 8.60 Å². The number of hydrogen-bond acceptors (Lipinski definition) is 3. The molecule has 0 saturated carbocycles. The summed E-state index contributed by atoms with van der Waals surface area (Å²) in [6.45, 7) is 6.47. The van der Waals surface area contributed by atoms with Gasteiger partial charge in [-0.05, 0) is 54.2 Å². The normalized spacial score (nSPS) is 15.7. The fraction of sp³-hybridized carbons (Fsp3) is 0.200. The zero-order valence-corrected chi connectivity index (χ0v) is 29.5. The van der Waals surface area contributed by atoms with Crippen molar-refractivity contribution in [3.05, 3.63) is 215 Å². The van der Waals surface area contributed by atoms with Gasteiger partial charge in [0.25, 0.3) is 0 Å². The lowest BCUT2D eigenvalue weighted by Crippen LogP contribution is -2.34. The Morgan fingerprint density at radius 1 is 0.327 bits per heavy atom. The summed E-state index contributed by atoms with van der Waals surface area (Å²) in [5.74, 6) is 0. The Hall–Kier alpha value is -4.37. The Morgan fingerprint density at radius 3 is 0.755 bits per heavy atom. The van der Waals surface area contributed by atoms with E-state index in [0.29, 0.717) is 19.3 Å². The van der Waals surface area contributed by atoms with Crippen LogP contribution < -0.4 is 0 Å². The van der Waals surface area contributed by atoms with Crippen molar-refractivity contribution in [2.75, 3.05) is 0 Å². The first-order valence-electron chi connectivity index (χ1n) is 17.0. The molecule has 4 heteroatoms. The van der Waals surface area contributed by atoms with Crippen molar-refractivity contribution in [3.8, 4) is 0 Å². The van der Waals surface area contributed by atoms with Crippen LogP contribution in [-0.2, 0) is 49.6 Å². The highest BCUT2D eigenvalue weighted by Crippen LogP contribution is 2.57. The van der Waals surface area contributed by atoms with Gasteiger partial charge >= 0.3 is 8.60 Å². The quantitative estimate of drug-likeness (QED) is 0.102. The van der Waals surface area contributed by atoms with Crippen molar-refractivity contribution in [1.82, 2.24) is 0 Å². The summed E-state index contributed by atoms with van der Waals surface area (Å²) in [6, 6.07) is 62.9. The van der Waals surface area contributed by atoms with Gasteiger partial charge in [-0.25, -0.2) is 0 Å². The number of rotatable bonds is 15. The standard InChI is InChI=1S/C45H45O3P/c1-43(40-28-16-7-17-29-40,34-37-22-10-4-11-23-37)46-49(47-44(2,41-30-18-8-19-31-41)35-38-24-12-5-13-25-38)48-45(3,42-32-20-9-21-33-42)36-39-26-14-6-15-27-39/h4-33H,34-36H2,1-3H3. The molecule has 0 amide bonds. The molecule has 6 aromatic rings. The van der Waals surface area contributed by atoms with Gasteiger partial charge in [-0.3, -0.25) is 0 Å². The van der Waals surface area contributed by atoms with Crippen molar-refractivity contribution in [1.29, 1.82) is 0 Å². The Balaban J connectivity index is 1.46. The fourth-order valence-corrected chi connectivity index (χ4v) is 8.05. The van der Waals surface area contributed by atoms with Gasteiger partial charge in [0.05, 0.1) is 0 Å². The molecule has 0 radical (unpaired) electrons. The molecule has 0 N–H and O–H groups in total. The molecule has 0 heterocycles. The van der Waals surface area contributed by atoms with Crippen LogP contribution in [0.1, 0.15) is 54.2 Å². The van der Waals surface area contributed by atoms with Crippen molar-refractivity contribution in [2.24, 2.45) is 0 Å². The van der Waals surface area contributed by atoms with Crippen LogP contribution in [0.25, 0.3) is 0 Å². The molecule has 0 bridgehead atoms. The highest BCUT2D eigenvalue weighted by Gasteiger charge is 2.43. The minimum atomic E-state index is -1.98. The monoisotopic (exact) mass is 664 g/mol. The molecular formula is C45H45O3P. The van der Waals surface area contributed by atoms with Crippen molar-refractivity contribution in [3.63, 3.8) is 0 Å². The Kier molecular flexibility index (Phi) is 11.2. The summed E-state index contributed by atoms with van der Waals surface area (Å²) in [6.07, 6.45) is 1.93. The van der Waals surface area contributed by atoms with Crippen LogP contribution in [-0.4, -0.2) is 0 Å². The highest BCUT2D eigenvalue weighted by molar-refractivity contribution is 7.41. The van der Waals surface area contributed by atoms with Crippen molar-refractivity contribution < 1.29 is 13.6 Å². The van der Waals surface area contributed by atoms with E-state index in [-0.39, 0.29) is 0 Å². The molecular weight excluding hydrogens is 619 g/mol. The van der Waals surface area contributed by atoms with E-state index in [4.69, 9.17) is 13.6 Å². The van der Waals surface area contributed by atoms with Gasteiger partial charge < -0.3 is 13.6 Å². The predicted molar refractivity (Wildman–Crippen MR) is 202 cm³/mol. The highest BCUT2D eigenvalue weighted by atomic mass is 31.2. The fourth-order valence-electron chi connectivity index (χ4n) is 6.44. The SMILES string of the molecule is CC(Cc1ccccc1)(OP(OC(C)(Cc1ccccc1)c1ccccc1)OC(C)(Cc1ccccc1)c1ccccc1)c1ccccc1. The first-order chi connectivity index (χ1) is 23.8. The lowest BCUT2D eigenvalue weighted by molar-refractivity contribution is -0.0354. The summed E-state index contributed by atoms with van der Waals surface area (Å²) in [5, 5.41) is 0. The lowest BCUT2D eigenvalue weighted by Gasteiger charge is -2.41. The minimum Gasteiger partial charge on any atom is -0.301 e. The van der Waals surface area contributed by atoms with Crippen LogP contribution in [0.3, 0.4) is 0 Å². The summed E-state index contributed by atoms with van der Waals surface area (Å²) in [5.41, 5.74) is 4.43. The maximum Gasteiger partial charge on any atom is 0.335 e. The molecule has 0 aliphatic heterocycles. The van der Waals surface area contributed by atoms with E-state index in [1.54, 1.807) is 0 Å². The first-order valence-corrected chi connectivity index (χ1v) is 18.1. The van der Waals surface area contributed by atoms with Gasteiger partial charge in [-0.2, -0.15) is 0 Å².